The summed E-state index contributed by atoms with van der Waals surface area (Å²) in [7, 11) is 0. The predicted octanol–water partition coefficient (Wildman–Crippen LogP) is 3.63. The highest BCUT2D eigenvalue weighted by atomic mass is 32.2. The molecule has 0 unspecified atom stereocenters. The molecule has 0 N–H and O–H groups in total. The molecule has 18 heavy (non-hydrogen) atoms. The lowest BCUT2D eigenvalue weighted by molar-refractivity contribution is 0.0721. The number of thioether (sulfide) groups is 1. The Hall–Kier alpha value is -1.10. The summed E-state index contributed by atoms with van der Waals surface area (Å²) >= 11 is 0.437. The molecule has 1 aromatic rings. The summed E-state index contributed by atoms with van der Waals surface area (Å²) in [4.78, 5) is 14.4. The van der Waals surface area contributed by atoms with Crippen LogP contribution in [-0.2, 0) is 0 Å². The normalized spacial score (nSPS) is 16.1. The molecule has 1 aromatic carbocycles. The molecular formula is C13H15F2NOS. The lowest BCUT2D eigenvalue weighted by atomic mass is 10.1. The van der Waals surface area contributed by atoms with Gasteiger partial charge in [-0.3, -0.25) is 4.79 Å². The van der Waals surface area contributed by atoms with Crippen molar-refractivity contribution in [2.75, 3.05) is 13.1 Å². The average Bonchev–Trinajstić information content (AvgIpc) is 2.39. The molecule has 0 aliphatic carbocycles. The van der Waals surface area contributed by atoms with Crippen molar-refractivity contribution in [2.45, 2.75) is 29.9 Å². The van der Waals surface area contributed by atoms with Crippen molar-refractivity contribution in [3.63, 3.8) is 0 Å². The molecule has 1 aliphatic rings. The first kappa shape index (κ1) is 13.3. The molecule has 0 atom stereocenters. The van der Waals surface area contributed by atoms with Crippen molar-refractivity contribution in [3.05, 3.63) is 29.8 Å². The van der Waals surface area contributed by atoms with E-state index < -0.39 is 5.76 Å². The second-order valence-electron chi connectivity index (χ2n) is 4.23. The third-order valence-electron chi connectivity index (χ3n) is 2.98. The summed E-state index contributed by atoms with van der Waals surface area (Å²) in [5.74, 6) is -2.63. The molecule has 0 radical (unpaired) electrons. The van der Waals surface area contributed by atoms with Gasteiger partial charge in [-0.1, -0.05) is 23.9 Å². The molecule has 1 amide bonds. The summed E-state index contributed by atoms with van der Waals surface area (Å²) in [5.41, 5.74) is 0.393. The van der Waals surface area contributed by atoms with Crippen LogP contribution in [-0.4, -0.2) is 29.7 Å². The second kappa shape index (κ2) is 6.18. The van der Waals surface area contributed by atoms with E-state index in [4.69, 9.17) is 0 Å². The topological polar surface area (TPSA) is 20.3 Å². The quantitative estimate of drug-likeness (QED) is 0.782. The average molecular weight is 271 g/mol. The number of carbonyl (C=O) groups excluding carboxylic acids is 1. The van der Waals surface area contributed by atoms with Gasteiger partial charge in [0.2, 0.25) is 0 Å². The lowest BCUT2D eigenvalue weighted by Crippen LogP contribution is -2.35. The van der Waals surface area contributed by atoms with Crippen LogP contribution in [0.25, 0.3) is 0 Å². The molecule has 1 aliphatic heterocycles. The van der Waals surface area contributed by atoms with Gasteiger partial charge in [0.25, 0.3) is 11.7 Å². The molecule has 1 fully saturated rings. The van der Waals surface area contributed by atoms with E-state index in [1.807, 2.05) is 0 Å². The predicted molar refractivity (Wildman–Crippen MR) is 68.1 cm³/mol. The Balaban J connectivity index is 2.18. The van der Waals surface area contributed by atoms with E-state index in [9.17, 15) is 13.6 Å². The van der Waals surface area contributed by atoms with Crippen LogP contribution >= 0.6 is 11.8 Å². The summed E-state index contributed by atoms with van der Waals surface area (Å²) in [6, 6.07) is 6.60. The minimum Gasteiger partial charge on any atom is -0.339 e. The third kappa shape index (κ3) is 3.22. The number of likely N-dealkylation sites (tertiary alicyclic amines) is 1. The maximum atomic E-state index is 12.4. The van der Waals surface area contributed by atoms with Crippen molar-refractivity contribution in [1.82, 2.24) is 4.90 Å². The van der Waals surface area contributed by atoms with E-state index in [0.717, 1.165) is 32.4 Å². The van der Waals surface area contributed by atoms with Crippen LogP contribution in [0.3, 0.4) is 0 Å². The van der Waals surface area contributed by atoms with Gasteiger partial charge in [-0.25, -0.2) is 0 Å². The number of halogens is 2. The van der Waals surface area contributed by atoms with Crippen molar-refractivity contribution in [3.8, 4) is 0 Å². The number of alkyl halides is 2. The second-order valence-corrected chi connectivity index (χ2v) is 5.26. The number of benzene rings is 1. The van der Waals surface area contributed by atoms with Crippen molar-refractivity contribution in [1.29, 1.82) is 0 Å². The van der Waals surface area contributed by atoms with Crippen LogP contribution in [0.5, 0.6) is 0 Å². The minimum absolute atomic E-state index is 0.126. The van der Waals surface area contributed by atoms with Gasteiger partial charge in [-0.2, -0.15) is 8.78 Å². The van der Waals surface area contributed by atoms with Crippen LogP contribution in [0, 0.1) is 0 Å². The minimum atomic E-state index is -2.50. The van der Waals surface area contributed by atoms with E-state index >= 15 is 0 Å². The molecule has 2 rings (SSSR count). The summed E-state index contributed by atoms with van der Waals surface area (Å²) in [6.45, 7) is 1.46. The first-order valence-electron chi connectivity index (χ1n) is 6.01. The SMILES string of the molecule is O=C(c1ccccc1SC(F)F)N1CCCCC1. The van der Waals surface area contributed by atoms with Gasteiger partial charge in [0.05, 0.1) is 5.56 Å². The maximum absolute atomic E-state index is 12.4. The van der Waals surface area contributed by atoms with Gasteiger partial charge in [0.15, 0.2) is 0 Å². The highest BCUT2D eigenvalue weighted by molar-refractivity contribution is 7.99. The highest BCUT2D eigenvalue weighted by Gasteiger charge is 2.21. The lowest BCUT2D eigenvalue weighted by Gasteiger charge is -2.27. The first-order chi connectivity index (χ1) is 8.68. The molecule has 98 valence electrons. The molecule has 2 nitrogen and oxygen atoms in total. The highest BCUT2D eigenvalue weighted by Crippen LogP contribution is 2.29. The van der Waals surface area contributed by atoms with Gasteiger partial charge in [-0.15, -0.1) is 0 Å². The van der Waals surface area contributed by atoms with Crippen LogP contribution in [0.15, 0.2) is 29.2 Å². The fourth-order valence-electron chi connectivity index (χ4n) is 2.11. The van der Waals surface area contributed by atoms with E-state index in [-0.39, 0.29) is 5.91 Å². The van der Waals surface area contributed by atoms with Crippen LogP contribution in [0.1, 0.15) is 29.6 Å². The number of hydrogen-bond donors (Lipinski definition) is 0. The summed E-state index contributed by atoms with van der Waals surface area (Å²) < 4.78 is 24.9. The molecule has 0 saturated carbocycles. The molecule has 1 heterocycles. The van der Waals surface area contributed by atoms with Gasteiger partial charge >= 0.3 is 0 Å². The summed E-state index contributed by atoms with van der Waals surface area (Å²) in [6.07, 6.45) is 3.13. The Labute approximate surface area is 109 Å². The molecule has 0 aromatic heterocycles. The standard InChI is InChI=1S/C13H15F2NOS/c14-13(15)18-11-7-3-2-6-10(11)12(17)16-8-4-1-5-9-16/h2-3,6-7,13H,1,4-5,8-9H2. The van der Waals surface area contributed by atoms with Crippen LogP contribution < -0.4 is 0 Å². The Bertz CT molecular complexity index is 419. The maximum Gasteiger partial charge on any atom is 0.288 e. The fraction of sp³-hybridized carbons (Fsp3) is 0.462. The number of amides is 1. The van der Waals surface area contributed by atoms with Crippen molar-refractivity contribution < 1.29 is 13.6 Å². The van der Waals surface area contributed by atoms with E-state index in [0.29, 0.717) is 22.2 Å². The number of rotatable bonds is 3. The van der Waals surface area contributed by atoms with E-state index in [2.05, 4.69) is 0 Å². The van der Waals surface area contributed by atoms with Crippen molar-refractivity contribution in [2.24, 2.45) is 0 Å². The Morgan fingerprint density at radius 3 is 2.50 bits per heavy atom. The molecular weight excluding hydrogens is 256 g/mol. The smallest absolute Gasteiger partial charge is 0.288 e. The zero-order chi connectivity index (χ0) is 13.0. The van der Waals surface area contributed by atoms with E-state index in [1.54, 1.807) is 29.2 Å². The van der Waals surface area contributed by atoms with E-state index in [1.165, 1.54) is 0 Å². The molecule has 0 bridgehead atoms. The Morgan fingerprint density at radius 1 is 1.17 bits per heavy atom. The Morgan fingerprint density at radius 2 is 1.83 bits per heavy atom. The number of piperidine rings is 1. The zero-order valence-corrected chi connectivity index (χ0v) is 10.8. The monoisotopic (exact) mass is 271 g/mol. The molecule has 1 saturated heterocycles. The molecule has 5 heteroatoms. The largest absolute Gasteiger partial charge is 0.339 e. The van der Waals surface area contributed by atoms with Crippen LogP contribution in [0.4, 0.5) is 8.78 Å². The number of hydrogen-bond acceptors (Lipinski definition) is 2. The third-order valence-corrected chi connectivity index (χ3v) is 3.76. The first-order valence-corrected chi connectivity index (χ1v) is 6.89. The molecule has 0 spiro atoms. The fourth-order valence-corrected chi connectivity index (χ4v) is 2.74. The number of carbonyl (C=O) groups is 1. The Kier molecular flexibility index (Phi) is 4.58. The number of nitrogens with zero attached hydrogens (tertiary/aromatic N) is 1. The van der Waals surface area contributed by atoms with Gasteiger partial charge in [0, 0.05) is 18.0 Å². The zero-order valence-electron chi connectivity index (χ0n) is 9.94. The summed E-state index contributed by atoms with van der Waals surface area (Å²) in [5, 5.41) is 0. The van der Waals surface area contributed by atoms with Crippen molar-refractivity contribution >= 4 is 17.7 Å². The van der Waals surface area contributed by atoms with Gasteiger partial charge in [-0.05, 0) is 31.4 Å². The van der Waals surface area contributed by atoms with Gasteiger partial charge in [0.1, 0.15) is 0 Å². The van der Waals surface area contributed by atoms with Gasteiger partial charge < -0.3 is 4.90 Å². The van der Waals surface area contributed by atoms with Crippen LogP contribution in [0.2, 0.25) is 0 Å².